The quantitative estimate of drug-likeness (QED) is 0.893. The molecule has 0 bridgehead atoms. The zero-order valence-electron chi connectivity index (χ0n) is 12.8. The molecule has 0 unspecified atom stereocenters. The fourth-order valence-electron chi connectivity index (χ4n) is 2.72. The largest absolute Gasteiger partial charge is 0.314 e. The topological polar surface area (TPSA) is 18.5 Å². The first-order chi connectivity index (χ1) is 9.08. The average Bonchev–Trinajstić information content (AvgIpc) is 2.41. The van der Waals surface area contributed by atoms with Gasteiger partial charge in [-0.3, -0.25) is 9.80 Å². The highest BCUT2D eigenvalue weighted by Crippen LogP contribution is 2.18. The summed E-state index contributed by atoms with van der Waals surface area (Å²) in [5, 5.41) is 3.40. The first kappa shape index (κ1) is 14.5. The van der Waals surface area contributed by atoms with Gasteiger partial charge in [-0.1, -0.05) is 12.1 Å². The third-order valence-electron chi connectivity index (χ3n) is 4.26. The van der Waals surface area contributed by atoms with E-state index < -0.39 is 0 Å². The van der Waals surface area contributed by atoms with E-state index in [2.05, 4.69) is 55.1 Å². The molecule has 1 aromatic carbocycles. The first-order valence-corrected chi connectivity index (χ1v) is 7.25. The maximum atomic E-state index is 3.40. The van der Waals surface area contributed by atoms with E-state index in [0.717, 1.165) is 39.4 Å². The number of hydrogen-bond acceptors (Lipinski definition) is 3. The van der Waals surface area contributed by atoms with Crippen molar-refractivity contribution in [3.05, 3.63) is 34.4 Å². The van der Waals surface area contributed by atoms with Gasteiger partial charge >= 0.3 is 0 Å². The summed E-state index contributed by atoms with van der Waals surface area (Å²) in [7, 11) is 2.22. The summed E-state index contributed by atoms with van der Waals surface area (Å²) in [5.41, 5.74) is 5.74. The monoisotopic (exact) mass is 261 g/mol. The first-order valence-electron chi connectivity index (χ1n) is 7.25. The van der Waals surface area contributed by atoms with Crippen LogP contribution in [0, 0.1) is 20.8 Å². The molecule has 0 spiro atoms. The molecular formula is C16H27N3. The summed E-state index contributed by atoms with van der Waals surface area (Å²) in [6.07, 6.45) is 0. The highest BCUT2D eigenvalue weighted by molar-refractivity contribution is 5.38. The second-order valence-corrected chi connectivity index (χ2v) is 5.82. The highest BCUT2D eigenvalue weighted by Gasteiger charge is 2.12. The molecule has 2 rings (SSSR count). The minimum atomic E-state index is 1.04. The van der Waals surface area contributed by atoms with Gasteiger partial charge in [-0.2, -0.15) is 0 Å². The van der Waals surface area contributed by atoms with Crippen molar-refractivity contribution < 1.29 is 0 Å². The van der Waals surface area contributed by atoms with Gasteiger partial charge in [0.25, 0.3) is 0 Å². The normalized spacial score (nSPS) is 17.1. The van der Waals surface area contributed by atoms with Crippen molar-refractivity contribution in [3.63, 3.8) is 0 Å². The van der Waals surface area contributed by atoms with Crippen molar-refractivity contribution >= 4 is 0 Å². The van der Waals surface area contributed by atoms with Crippen LogP contribution in [0.15, 0.2) is 12.1 Å². The third kappa shape index (κ3) is 3.78. The van der Waals surface area contributed by atoms with Gasteiger partial charge in [-0.25, -0.2) is 0 Å². The molecule has 3 nitrogen and oxygen atoms in total. The number of nitrogens with one attached hydrogen (secondary N) is 1. The lowest BCUT2D eigenvalue weighted by Gasteiger charge is -2.31. The predicted molar refractivity (Wildman–Crippen MR) is 81.4 cm³/mol. The average molecular weight is 261 g/mol. The number of nitrogens with zero attached hydrogens (tertiary/aromatic N) is 2. The summed E-state index contributed by atoms with van der Waals surface area (Å²) in [4.78, 5) is 4.94. The van der Waals surface area contributed by atoms with E-state index >= 15 is 0 Å². The lowest BCUT2D eigenvalue weighted by Crippen LogP contribution is -2.47. The van der Waals surface area contributed by atoms with Gasteiger partial charge in [0.05, 0.1) is 6.67 Å². The molecule has 1 N–H and O–H groups in total. The van der Waals surface area contributed by atoms with Crippen LogP contribution >= 0.6 is 0 Å². The molecule has 1 saturated heterocycles. The Morgan fingerprint density at radius 2 is 1.79 bits per heavy atom. The molecular weight excluding hydrogens is 234 g/mol. The van der Waals surface area contributed by atoms with E-state index in [-0.39, 0.29) is 0 Å². The second-order valence-electron chi connectivity index (χ2n) is 5.82. The minimum absolute atomic E-state index is 1.04. The van der Waals surface area contributed by atoms with Crippen LogP contribution in [0.25, 0.3) is 0 Å². The Kier molecular flexibility index (Phi) is 4.97. The van der Waals surface area contributed by atoms with Crippen LogP contribution in [0.2, 0.25) is 0 Å². The molecule has 0 aromatic heterocycles. The minimum Gasteiger partial charge on any atom is -0.314 e. The molecule has 0 atom stereocenters. The highest BCUT2D eigenvalue weighted by atomic mass is 15.3. The Morgan fingerprint density at radius 3 is 2.47 bits per heavy atom. The van der Waals surface area contributed by atoms with E-state index in [0.29, 0.717) is 0 Å². The molecule has 1 aromatic rings. The van der Waals surface area contributed by atoms with Gasteiger partial charge in [0.15, 0.2) is 0 Å². The zero-order chi connectivity index (χ0) is 13.8. The molecule has 1 fully saturated rings. The second kappa shape index (κ2) is 6.51. The molecule has 0 aliphatic carbocycles. The van der Waals surface area contributed by atoms with Crippen molar-refractivity contribution in [2.75, 3.05) is 39.9 Å². The Bertz CT molecular complexity index is 422. The van der Waals surface area contributed by atoms with E-state index in [9.17, 15) is 0 Å². The Labute approximate surface area is 117 Å². The Balaban J connectivity index is 1.94. The summed E-state index contributed by atoms with van der Waals surface area (Å²) < 4.78 is 0. The molecule has 1 aliphatic rings. The van der Waals surface area contributed by atoms with Crippen molar-refractivity contribution in [3.8, 4) is 0 Å². The van der Waals surface area contributed by atoms with Crippen molar-refractivity contribution in [2.24, 2.45) is 0 Å². The van der Waals surface area contributed by atoms with Crippen molar-refractivity contribution in [1.29, 1.82) is 0 Å². The maximum absolute atomic E-state index is 3.40. The molecule has 106 valence electrons. The number of aryl methyl sites for hydroxylation is 1. The van der Waals surface area contributed by atoms with Crippen LogP contribution in [0.4, 0.5) is 0 Å². The number of hydrogen-bond donors (Lipinski definition) is 1. The fraction of sp³-hybridized carbons (Fsp3) is 0.625. The molecule has 1 heterocycles. The zero-order valence-corrected chi connectivity index (χ0v) is 12.8. The van der Waals surface area contributed by atoms with Gasteiger partial charge in [0, 0.05) is 32.7 Å². The standard InChI is InChI=1S/C16H27N3/c1-13-5-6-16(15(3)14(13)2)11-18(4)12-19-9-7-17-8-10-19/h5-6,17H,7-12H2,1-4H3. The van der Waals surface area contributed by atoms with Gasteiger partial charge in [-0.05, 0) is 50.1 Å². The van der Waals surface area contributed by atoms with E-state index in [1.54, 1.807) is 0 Å². The number of piperazine rings is 1. The molecule has 3 heteroatoms. The van der Waals surface area contributed by atoms with Crippen molar-refractivity contribution in [1.82, 2.24) is 15.1 Å². The van der Waals surface area contributed by atoms with Crippen LogP contribution in [0.1, 0.15) is 22.3 Å². The summed E-state index contributed by atoms with van der Waals surface area (Å²) in [5.74, 6) is 0. The molecule has 0 radical (unpaired) electrons. The summed E-state index contributed by atoms with van der Waals surface area (Å²) in [6.45, 7) is 13.3. The van der Waals surface area contributed by atoms with E-state index in [4.69, 9.17) is 0 Å². The van der Waals surface area contributed by atoms with E-state index in [1.165, 1.54) is 22.3 Å². The molecule has 1 aliphatic heterocycles. The fourth-order valence-corrected chi connectivity index (χ4v) is 2.72. The van der Waals surface area contributed by atoms with Gasteiger partial charge in [-0.15, -0.1) is 0 Å². The van der Waals surface area contributed by atoms with Crippen LogP contribution in [-0.2, 0) is 6.54 Å². The molecule has 0 amide bonds. The Morgan fingerprint density at radius 1 is 1.11 bits per heavy atom. The SMILES string of the molecule is Cc1ccc(CN(C)CN2CCNCC2)c(C)c1C. The van der Waals surface area contributed by atoms with Crippen molar-refractivity contribution in [2.45, 2.75) is 27.3 Å². The van der Waals surface area contributed by atoms with E-state index in [1.807, 2.05) is 0 Å². The Hall–Kier alpha value is -0.900. The van der Waals surface area contributed by atoms with Crippen LogP contribution in [0.3, 0.4) is 0 Å². The molecule has 19 heavy (non-hydrogen) atoms. The maximum Gasteiger partial charge on any atom is 0.0507 e. The van der Waals surface area contributed by atoms with Crippen LogP contribution in [-0.4, -0.2) is 49.7 Å². The summed E-state index contributed by atoms with van der Waals surface area (Å²) >= 11 is 0. The van der Waals surface area contributed by atoms with Gasteiger partial charge < -0.3 is 5.32 Å². The smallest absolute Gasteiger partial charge is 0.0507 e. The summed E-state index contributed by atoms with van der Waals surface area (Å²) in [6, 6.07) is 4.53. The van der Waals surface area contributed by atoms with Crippen LogP contribution < -0.4 is 5.32 Å². The predicted octanol–water partition coefficient (Wildman–Crippen LogP) is 1.91. The number of rotatable bonds is 4. The molecule has 0 saturated carbocycles. The van der Waals surface area contributed by atoms with Crippen LogP contribution in [0.5, 0.6) is 0 Å². The van der Waals surface area contributed by atoms with Gasteiger partial charge in [0.2, 0.25) is 0 Å². The van der Waals surface area contributed by atoms with Gasteiger partial charge in [0.1, 0.15) is 0 Å². The number of benzene rings is 1. The lowest BCUT2D eigenvalue weighted by atomic mass is 9.99. The third-order valence-corrected chi connectivity index (χ3v) is 4.26. The lowest BCUT2D eigenvalue weighted by molar-refractivity contribution is 0.135.